The van der Waals surface area contributed by atoms with Crippen LogP contribution in [0.5, 0.6) is 0 Å². The van der Waals surface area contributed by atoms with Crippen LogP contribution in [0.25, 0.3) is 23.2 Å². The van der Waals surface area contributed by atoms with E-state index < -0.39 is 0 Å². The third-order valence-corrected chi connectivity index (χ3v) is 6.20. The van der Waals surface area contributed by atoms with E-state index in [-0.39, 0.29) is 11.7 Å². The average Bonchev–Trinajstić information content (AvgIpc) is 3.31. The fourth-order valence-corrected chi connectivity index (χ4v) is 4.16. The van der Waals surface area contributed by atoms with Gasteiger partial charge in [0, 0.05) is 36.6 Å². The molecule has 1 aromatic heterocycles. The van der Waals surface area contributed by atoms with E-state index in [1.54, 1.807) is 19.3 Å². The number of anilines is 2. The average molecular weight is 519 g/mol. The van der Waals surface area contributed by atoms with Crippen LogP contribution in [0.4, 0.5) is 15.8 Å². The summed E-state index contributed by atoms with van der Waals surface area (Å²) in [5.41, 5.74) is 4.74. The maximum absolute atomic E-state index is 14.4. The van der Waals surface area contributed by atoms with Crippen molar-refractivity contribution in [2.24, 2.45) is 5.92 Å². The summed E-state index contributed by atoms with van der Waals surface area (Å²) in [6, 6.07) is 10.6. The van der Waals surface area contributed by atoms with E-state index in [9.17, 15) is 9.18 Å². The molecule has 0 spiro atoms. The predicted octanol–water partition coefficient (Wildman–Crippen LogP) is 5.98. The minimum atomic E-state index is -0.334. The lowest BCUT2D eigenvalue weighted by Gasteiger charge is -2.15. The summed E-state index contributed by atoms with van der Waals surface area (Å²) < 4.78 is 16.3. The van der Waals surface area contributed by atoms with Gasteiger partial charge in [-0.05, 0) is 75.2 Å². The highest BCUT2D eigenvalue weighted by Gasteiger charge is 2.16. The molecule has 1 heterocycles. The van der Waals surface area contributed by atoms with Crippen molar-refractivity contribution in [3.8, 4) is 11.3 Å². The molecule has 0 aliphatic heterocycles. The lowest BCUT2D eigenvalue weighted by Crippen LogP contribution is -2.33. The minimum Gasteiger partial charge on any atom is -0.386 e. The fraction of sp³-hybridized carbons (Fsp3) is 0.333. The molecule has 3 aromatic rings. The van der Waals surface area contributed by atoms with Gasteiger partial charge < -0.3 is 21.3 Å². The van der Waals surface area contributed by atoms with E-state index in [1.165, 1.54) is 6.07 Å². The molecule has 1 atom stereocenters. The van der Waals surface area contributed by atoms with Crippen molar-refractivity contribution >= 4 is 29.2 Å². The Morgan fingerprint density at radius 1 is 1.21 bits per heavy atom. The first-order valence-electron chi connectivity index (χ1n) is 13.0. The number of aromatic nitrogens is 2. The molecular weight excluding hydrogens is 479 g/mol. The van der Waals surface area contributed by atoms with E-state index in [2.05, 4.69) is 46.7 Å². The molecule has 4 N–H and O–H groups in total. The second-order valence-corrected chi connectivity index (χ2v) is 9.42. The third-order valence-electron chi connectivity index (χ3n) is 6.20. The van der Waals surface area contributed by atoms with Crippen molar-refractivity contribution in [1.82, 2.24) is 20.2 Å². The van der Waals surface area contributed by atoms with Crippen molar-refractivity contribution in [3.63, 3.8) is 0 Å². The van der Waals surface area contributed by atoms with Gasteiger partial charge in [0.1, 0.15) is 5.82 Å². The van der Waals surface area contributed by atoms with Crippen molar-refractivity contribution in [3.05, 3.63) is 78.0 Å². The number of benzene rings is 2. The monoisotopic (exact) mass is 518 g/mol. The number of halogens is 1. The maximum atomic E-state index is 14.4. The number of rotatable bonds is 13. The van der Waals surface area contributed by atoms with Gasteiger partial charge in [-0.15, -0.1) is 0 Å². The molecule has 0 aliphatic carbocycles. The molecular formula is C30H39FN6O. The highest BCUT2D eigenvalue weighted by atomic mass is 19.1. The molecule has 3 rings (SSSR count). The SMILES string of the molecule is C=C(Nc1ccc(C(=O)NCC(C)CNCCC)c(C)c1)c1ncc(-c2ccc(NC)c(F)c2)n1/C=C\C. The van der Waals surface area contributed by atoms with Gasteiger partial charge in [-0.1, -0.05) is 32.6 Å². The highest BCUT2D eigenvalue weighted by molar-refractivity contribution is 5.96. The molecule has 38 heavy (non-hydrogen) atoms. The lowest BCUT2D eigenvalue weighted by molar-refractivity contribution is 0.0947. The lowest BCUT2D eigenvalue weighted by atomic mass is 10.1. The molecule has 7 nitrogen and oxygen atoms in total. The number of amides is 1. The molecule has 0 saturated carbocycles. The van der Waals surface area contributed by atoms with Crippen molar-refractivity contribution in [2.75, 3.05) is 37.3 Å². The quantitative estimate of drug-likeness (QED) is 0.209. The summed E-state index contributed by atoms with van der Waals surface area (Å²) >= 11 is 0. The summed E-state index contributed by atoms with van der Waals surface area (Å²) in [4.78, 5) is 17.3. The van der Waals surface area contributed by atoms with Crippen molar-refractivity contribution in [1.29, 1.82) is 0 Å². The summed E-state index contributed by atoms with van der Waals surface area (Å²) in [5.74, 6) is 0.527. The second-order valence-electron chi connectivity index (χ2n) is 9.42. The zero-order valence-corrected chi connectivity index (χ0v) is 23.0. The second kappa shape index (κ2) is 13.6. The van der Waals surface area contributed by atoms with Crippen LogP contribution in [0.3, 0.4) is 0 Å². The summed E-state index contributed by atoms with van der Waals surface area (Å²) in [6.45, 7) is 14.7. The first kappa shape index (κ1) is 28.7. The van der Waals surface area contributed by atoms with Crippen LogP contribution in [0.1, 0.15) is 48.9 Å². The largest absolute Gasteiger partial charge is 0.386 e. The van der Waals surface area contributed by atoms with Crippen molar-refractivity contribution in [2.45, 2.75) is 34.1 Å². The molecule has 0 saturated heterocycles. The molecule has 202 valence electrons. The van der Waals surface area contributed by atoms with E-state index in [1.807, 2.05) is 55.0 Å². The Hall–Kier alpha value is -3.91. The highest BCUT2D eigenvalue weighted by Crippen LogP contribution is 2.28. The van der Waals surface area contributed by atoms with Crippen LogP contribution in [0.15, 0.2) is 55.3 Å². The fourth-order valence-electron chi connectivity index (χ4n) is 4.16. The Morgan fingerprint density at radius 3 is 2.66 bits per heavy atom. The molecule has 1 amide bonds. The zero-order chi connectivity index (χ0) is 27.7. The number of carbonyl (C=O) groups is 1. The number of imidazole rings is 1. The van der Waals surface area contributed by atoms with Gasteiger partial charge in [0.05, 0.1) is 23.3 Å². The Kier molecular flexibility index (Phi) is 10.2. The number of nitrogens with zero attached hydrogens (tertiary/aromatic N) is 2. The Bertz CT molecular complexity index is 1300. The Morgan fingerprint density at radius 2 is 2.00 bits per heavy atom. The smallest absolute Gasteiger partial charge is 0.251 e. The van der Waals surface area contributed by atoms with Gasteiger partial charge in [0.15, 0.2) is 5.82 Å². The van der Waals surface area contributed by atoms with Crippen LogP contribution in [0.2, 0.25) is 0 Å². The van der Waals surface area contributed by atoms with E-state index in [0.717, 1.165) is 36.5 Å². The Labute approximate surface area is 225 Å². The van der Waals surface area contributed by atoms with Crippen LogP contribution < -0.4 is 21.3 Å². The number of hydrogen-bond donors (Lipinski definition) is 4. The molecule has 8 heteroatoms. The molecule has 1 unspecified atom stereocenters. The number of allylic oxidation sites excluding steroid dienone is 1. The van der Waals surface area contributed by atoms with Gasteiger partial charge in [-0.3, -0.25) is 9.36 Å². The summed E-state index contributed by atoms with van der Waals surface area (Å²) in [5, 5.41) is 12.6. The minimum absolute atomic E-state index is 0.0833. The van der Waals surface area contributed by atoms with Gasteiger partial charge in [0.2, 0.25) is 0 Å². The van der Waals surface area contributed by atoms with E-state index in [4.69, 9.17) is 0 Å². The maximum Gasteiger partial charge on any atom is 0.251 e. The molecule has 0 radical (unpaired) electrons. The standard InChI is InChI=1S/C30H39FN6O/c1-7-13-33-17-20(3)18-35-30(38)25-11-10-24(15-21(25)4)36-22(5)29-34-19-28(37(29)14-8-2)23-9-12-27(32-6)26(31)16-23/h8-12,14-16,19-20,32-33,36H,5,7,13,17-18H2,1-4,6H3,(H,35,38)/b14-8-. The van der Waals surface area contributed by atoms with Gasteiger partial charge in [-0.25, -0.2) is 9.37 Å². The van der Waals surface area contributed by atoms with Crippen LogP contribution in [0, 0.1) is 18.7 Å². The number of aryl methyl sites for hydroxylation is 1. The van der Waals surface area contributed by atoms with Crippen LogP contribution in [-0.4, -0.2) is 42.1 Å². The van der Waals surface area contributed by atoms with Gasteiger partial charge in [-0.2, -0.15) is 0 Å². The first-order chi connectivity index (χ1) is 18.3. The topological polar surface area (TPSA) is 83.0 Å². The van der Waals surface area contributed by atoms with Gasteiger partial charge >= 0.3 is 0 Å². The summed E-state index contributed by atoms with van der Waals surface area (Å²) in [7, 11) is 1.68. The van der Waals surface area contributed by atoms with Gasteiger partial charge in [0.25, 0.3) is 5.91 Å². The Balaban J connectivity index is 1.72. The number of nitrogens with one attached hydrogen (secondary N) is 4. The molecule has 2 aromatic carbocycles. The van der Waals surface area contributed by atoms with E-state index >= 15 is 0 Å². The predicted molar refractivity (Wildman–Crippen MR) is 157 cm³/mol. The third kappa shape index (κ3) is 7.10. The first-order valence-corrected chi connectivity index (χ1v) is 13.0. The molecule has 0 fully saturated rings. The van der Waals surface area contributed by atoms with E-state index in [0.29, 0.717) is 40.8 Å². The molecule has 0 aliphatic rings. The molecule has 0 bridgehead atoms. The van der Waals surface area contributed by atoms with Crippen molar-refractivity contribution < 1.29 is 9.18 Å². The zero-order valence-electron chi connectivity index (χ0n) is 23.0. The number of carbonyl (C=O) groups excluding carboxylic acids is 1. The van der Waals surface area contributed by atoms with Crippen LogP contribution in [-0.2, 0) is 0 Å². The normalized spacial score (nSPS) is 11.9. The van der Waals surface area contributed by atoms with Crippen LogP contribution >= 0.6 is 0 Å². The number of hydrogen-bond acceptors (Lipinski definition) is 5. The summed E-state index contributed by atoms with van der Waals surface area (Å²) in [6.07, 6.45) is 6.55.